The van der Waals surface area contributed by atoms with E-state index >= 15 is 0 Å². The van der Waals surface area contributed by atoms with Gasteiger partial charge in [0.15, 0.2) is 0 Å². The van der Waals surface area contributed by atoms with E-state index < -0.39 is 0 Å². The third-order valence-electron chi connectivity index (χ3n) is 2.41. The molecular formula is C15H13ClNO2. The summed E-state index contributed by atoms with van der Waals surface area (Å²) in [6.07, 6.45) is 0.413. The van der Waals surface area contributed by atoms with Crippen LogP contribution >= 0.6 is 11.6 Å². The molecule has 3 nitrogen and oxygen atoms in total. The Kier molecular flexibility index (Phi) is 4.42. The molecule has 4 heteroatoms. The summed E-state index contributed by atoms with van der Waals surface area (Å²) in [7, 11) is 0. The molecule has 0 heterocycles. The Morgan fingerprint density at radius 1 is 1.05 bits per heavy atom. The second-order valence-electron chi connectivity index (χ2n) is 3.93. The normalized spacial score (nSPS) is 10.3. The first-order chi connectivity index (χ1) is 9.15. The van der Waals surface area contributed by atoms with Crippen LogP contribution in [0.5, 0.6) is 5.75 Å². The molecular weight excluding hydrogens is 262 g/mol. The predicted molar refractivity (Wildman–Crippen MR) is 74.9 cm³/mol. The van der Waals surface area contributed by atoms with Gasteiger partial charge in [0.05, 0.1) is 0 Å². The lowest BCUT2D eigenvalue weighted by molar-refractivity contribution is 0.0925. The maximum atomic E-state index is 11.9. The molecule has 19 heavy (non-hydrogen) atoms. The lowest BCUT2D eigenvalue weighted by atomic mass is 10.2. The van der Waals surface area contributed by atoms with Crippen LogP contribution in [0.2, 0.25) is 5.02 Å². The third kappa shape index (κ3) is 4.00. The molecule has 0 saturated heterocycles. The summed E-state index contributed by atoms with van der Waals surface area (Å²) in [6, 6.07) is 15.9. The number of amides is 1. The quantitative estimate of drug-likeness (QED) is 0.924. The predicted octanol–water partition coefficient (Wildman–Crippen LogP) is 3.66. The largest absolute Gasteiger partial charge is 0.462 e. The van der Waals surface area contributed by atoms with Crippen LogP contribution < -0.4 is 10.1 Å². The molecule has 0 saturated carbocycles. The van der Waals surface area contributed by atoms with Crippen LogP contribution in [-0.2, 0) is 0 Å². The highest BCUT2D eigenvalue weighted by Gasteiger charge is 2.11. The van der Waals surface area contributed by atoms with Crippen LogP contribution in [0.25, 0.3) is 0 Å². The summed E-state index contributed by atoms with van der Waals surface area (Å²) in [4.78, 5) is 11.9. The van der Waals surface area contributed by atoms with Crippen LogP contribution in [0.1, 0.15) is 17.3 Å². The molecule has 1 amide bonds. The zero-order chi connectivity index (χ0) is 13.7. The zero-order valence-electron chi connectivity index (χ0n) is 10.4. The van der Waals surface area contributed by atoms with E-state index in [1.165, 1.54) is 0 Å². The minimum Gasteiger partial charge on any atom is -0.462 e. The number of ether oxygens (including phenoxy) is 1. The van der Waals surface area contributed by atoms with Gasteiger partial charge < -0.3 is 10.1 Å². The SMILES string of the molecule is C[C](NC(=O)c1ccccc1)Oc1ccc(Cl)cc1. The van der Waals surface area contributed by atoms with Crippen molar-refractivity contribution in [3.05, 3.63) is 71.4 Å². The first-order valence-corrected chi connectivity index (χ1v) is 6.16. The standard InChI is InChI=1S/C15H13ClNO2/c1-11(19-14-9-7-13(16)8-10-14)17-15(18)12-5-3-2-4-6-12/h2-10H,1H3,(H,17,18). The average molecular weight is 275 g/mol. The Balaban J connectivity index is 1.92. The van der Waals surface area contributed by atoms with Crippen molar-refractivity contribution in [3.63, 3.8) is 0 Å². The zero-order valence-corrected chi connectivity index (χ0v) is 11.1. The van der Waals surface area contributed by atoms with Gasteiger partial charge in [0.1, 0.15) is 5.75 Å². The molecule has 0 aliphatic carbocycles. The van der Waals surface area contributed by atoms with E-state index in [0.29, 0.717) is 22.6 Å². The lowest BCUT2D eigenvalue weighted by Gasteiger charge is -2.14. The summed E-state index contributed by atoms with van der Waals surface area (Å²) in [5.74, 6) is 0.419. The van der Waals surface area contributed by atoms with Crippen molar-refractivity contribution in [2.45, 2.75) is 6.92 Å². The van der Waals surface area contributed by atoms with Crippen molar-refractivity contribution >= 4 is 17.5 Å². The molecule has 0 atom stereocenters. The maximum Gasteiger partial charge on any atom is 0.254 e. The van der Waals surface area contributed by atoms with Gasteiger partial charge in [-0.15, -0.1) is 0 Å². The molecule has 0 spiro atoms. The van der Waals surface area contributed by atoms with Gasteiger partial charge in [-0.3, -0.25) is 4.79 Å². The van der Waals surface area contributed by atoms with E-state index in [0.717, 1.165) is 0 Å². The lowest BCUT2D eigenvalue weighted by Crippen LogP contribution is -2.30. The summed E-state index contributed by atoms with van der Waals surface area (Å²) in [5, 5.41) is 3.32. The van der Waals surface area contributed by atoms with Crippen LogP contribution in [0.15, 0.2) is 54.6 Å². The Labute approximate surface area is 117 Å². The molecule has 2 aromatic carbocycles. The second kappa shape index (κ2) is 6.25. The third-order valence-corrected chi connectivity index (χ3v) is 2.66. The maximum absolute atomic E-state index is 11.9. The molecule has 0 aromatic heterocycles. The molecule has 0 fully saturated rings. The topological polar surface area (TPSA) is 38.3 Å². The molecule has 0 aliphatic heterocycles. The average Bonchev–Trinajstić information content (AvgIpc) is 2.42. The highest BCUT2D eigenvalue weighted by molar-refractivity contribution is 6.30. The van der Waals surface area contributed by atoms with Gasteiger partial charge in [-0.2, -0.15) is 0 Å². The number of benzene rings is 2. The number of hydrogen-bond donors (Lipinski definition) is 1. The van der Waals surface area contributed by atoms with Crippen LogP contribution in [0.3, 0.4) is 0 Å². The van der Waals surface area contributed by atoms with E-state index in [-0.39, 0.29) is 5.91 Å². The van der Waals surface area contributed by atoms with Gasteiger partial charge >= 0.3 is 0 Å². The van der Waals surface area contributed by atoms with Crippen molar-refractivity contribution in [3.8, 4) is 5.75 Å². The van der Waals surface area contributed by atoms with Crippen molar-refractivity contribution in [2.75, 3.05) is 0 Å². The first-order valence-electron chi connectivity index (χ1n) is 5.78. The second-order valence-corrected chi connectivity index (χ2v) is 4.37. The first kappa shape index (κ1) is 13.4. The molecule has 97 valence electrons. The molecule has 0 aliphatic rings. The minimum absolute atomic E-state index is 0.202. The van der Waals surface area contributed by atoms with Crippen LogP contribution in [-0.4, -0.2) is 5.91 Å². The molecule has 2 rings (SSSR count). The fraction of sp³-hybridized carbons (Fsp3) is 0.0667. The monoisotopic (exact) mass is 274 g/mol. The van der Waals surface area contributed by atoms with Crippen molar-refractivity contribution in [1.82, 2.24) is 5.32 Å². The van der Waals surface area contributed by atoms with E-state index in [4.69, 9.17) is 16.3 Å². The number of halogens is 1. The molecule has 1 N–H and O–H groups in total. The number of hydrogen-bond acceptors (Lipinski definition) is 2. The van der Waals surface area contributed by atoms with E-state index in [1.54, 1.807) is 43.3 Å². The van der Waals surface area contributed by atoms with Crippen molar-refractivity contribution in [1.29, 1.82) is 0 Å². The molecule has 1 radical (unpaired) electrons. The summed E-state index contributed by atoms with van der Waals surface area (Å²) >= 11 is 5.78. The van der Waals surface area contributed by atoms with Gasteiger partial charge in [0.2, 0.25) is 6.23 Å². The highest BCUT2D eigenvalue weighted by atomic mass is 35.5. The van der Waals surface area contributed by atoms with Crippen LogP contribution in [0, 0.1) is 6.23 Å². The van der Waals surface area contributed by atoms with Crippen molar-refractivity contribution in [2.24, 2.45) is 0 Å². The fourth-order valence-corrected chi connectivity index (χ4v) is 1.65. The Morgan fingerprint density at radius 2 is 1.68 bits per heavy atom. The van der Waals surface area contributed by atoms with Gasteiger partial charge in [0, 0.05) is 17.5 Å². The van der Waals surface area contributed by atoms with E-state index in [9.17, 15) is 4.79 Å². The minimum atomic E-state index is -0.202. The van der Waals surface area contributed by atoms with Gasteiger partial charge in [0.25, 0.3) is 5.91 Å². The van der Waals surface area contributed by atoms with Gasteiger partial charge in [-0.05, 0) is 36.4 Å². The van der Waals surface area contributed by atoms with Gasteiger partial charge in [-0.25, -0.2) is 0 Å². The number of rotatable bonds is 4. The number of carbonyl (C=O) groups is 1. The number of nitrogens with one attached hydrogen (secondary N) is 1. The smallest absolute Gasteiger partial charge is 0.254 e. The summed E-state index contributed by atoms with van der Waals surface area (Å²) in [5.41, 5.74) is 0.585. The van der Waals surface area contributed by atoms with Crippen molar-refractivity contribution < 1.29 is 9.53 Å². The number of carbonyl (C=O) groups excluding carboxylic acids is 1. The summed E-state index contributed by atoms with van der Waals surface area (Å²) < 4.78 is 5.49. The Morgan fingerprint density at radius 3 is 2.32 bits per heavy atom. The van der Waals surface area contributed by atoms with E-state index in [2.05, 4.69) is 5.32 Å². The molecule has 0 bridgehead atoms. The Bertz CT molecular complexity index is 540. The Hall–Kier alpha value is -2.00. The fourth-order valence-electron chi connectivity index (χ4n) is 1.53. The van der Waals surface area contributed by atoms with Gasteiger partial charge in [-0.1, -0.05) is 29.8 Å². The summed E-state index contributed by atoms with van der Waals surface area (Å²) in [6.45, 7) is 1.69. The molecule has 2 aromatic rings. The highest BCUT2D eigenvalue weighted by Crippen LogP contribution is 2.17. The van der Waals surface area contributed by atoms with E-state index in [1.807, 2.05) is 18.2 Å². The van der Waals surface area contributed by atoms with Crippen LogP contribution in [0.4, 0.5) is 0 Å². The molecule has 0 unspecified atom stereocenters.